The van der Waals surface area contributed by atoms with E-state index in [9.17, 15) is 17.6 Å². The lowest BCUT2D eigenvalue weighted by Crippen LogP contribution is -2.12. The first-order valence-corrected chi connectivity index (χ1v) is 7.80. The second kappa shape index (κ2) is 6.57. The molecule has 0 radical (unpaired) electrons. The van der Waals surface area contributed by atoms with Crippen molar-refractivity contribution in [2.75, 3.05) is 6.61 Å². The standard InChI is InChI=1S/C15H13FO5S/c1-2-20-15(17)11-5-3-8-14(9-11)22(18,19)21-13-7-4-6-12(16)10-13/h3-10H,2H2,1H3. The molecule has 7 heteroatoms. The van der Waals surface area contributed by atoms with E-state index in [0.717, 1.165) is 12.1 Å². The van der Waals surface area contributed by atoms with Gasteiger partial charge >= 0.3 is 16.1 Å². The van der Waals surface area contributed by atoms with Gasteiger partial charge in [0.25, 0.3) is 0 Å². The Bertz CT molecular complexity index is 786. The number of hydrogen-bond donors (Lipinski definition) is 0. The van der Waals surface area contributed by atoms with Gasteiger partial charge in [0.1, 0.15) is 16.5 Å². The molecule has 0 amide bonds. The van der Waals surface area contributed by atoms with Gasteiger partial charge in [-0.2, -0.15) is 8.42 Å². The Morgan fingerprint density at radius 1 is 1.14 bits per heavy atom. The smallest absolute Gasteiger partial charge is 0.339 e. The molecule has 0 fully saturated rings. The zero-order valence-electron chi connectivity index (χ0n) is 11.7. The molecule has 0 saturated heterocycles. The fourth-order valence-electron chi connectivity index (χ4n) is 1.69. The summed E-state index contributed by atoms with van der Waals surface area (Å²) in [6.45, 7) is 1.82. The summed E-state index contributed by atoms with van der Waals surface area (Å²) >= 11 is 0. The first-order valence-electron chi connectivity index (χ1n) is 6.39. The highest BCUT2D eigenvalue weighted by molar-refractivity contribution is 7.87. The molecule has 0 spiro atoms. The average molecular weight is 324 g/mol. The largest absolute Gasteiger partial charge is 0.462 e. The minimum atomic E-state index is -4.18. The van der Waals surface area contributed by atoms with E-state index < -0.39 is 21.9 Å². The molecule has 2 aromatic carbocycles. The van der Waals surface area contributed by atoms with Crippen molar-refractivity contribution >= 4 is 16.1 Å². The van der Waals surface area contributed by atoms with Crippen LogP contribution >= 0.6 is 0 Å². The van der Waals surface area contributed by atoms with Crippen molar-refractivity contribution in [2.45, 2.75) is 11.8 Å². The van der Waals surface area contributed by atoms with E-state index in [-0.39, 0.29) is 22.8 Å². The molecule has 116 valence electrons. The maximum Gasteiger partial charge on any atom is 0.339 e. The molecule has 0 N–H and O–H groups in total. The zero-order chi connectivity index (χ0) is 16.2. The van der Waals surface area contributed by atoms with Crippen LogP contribution in [0.2, 0.25) is 0 Å². The molecule has 0 heterocycles. The third-order valence-electron chi connectivity index (χ3n) is 2.64. The van der Waals surface area contributed by atoms with Crippen molar-refractivity contribution < 1.29 is 26.5 Å². The van der Waals surface area contributed by atoms with Crippen molar-refractivity contribution in [3.63, 3.8) is 0 Å². The predicted molar refractivity (Wildman–Crippen MR) is 76.6 cm³/mol. The molecular formula is C15H13FO5S. The minimum absolute atomic E-state index is 0.0887. The Morgan fingerprint density at radius 2 is 1.86 bits per heavy atom. The van der Waals surface area contributed by atoms with Crippen molar-refractivity contribution in [2.24, 2.45) is 0 Å². The third-order valence-corrected chi connectivity index (χ3v) is 3.88. The Balaban J connectivity index is 2.30. The highest BCUT2D eigenvalue weighted by Crippen LogP contribution is 2.20. The molecule has 5 nitrogen and oxygen atoms in total. The minimum Gasteiger partial charge on any atom is -0.462 e. The average Bonchev–Trinajstić information content (AvgIpc) is 2.47. The Kier molecular flexibility index (Phi) is 4.77. The number of carbonyl (C=O) groups excluding carboxylic acids is 1. The van der Waals surface area contributed by atoms with Gasteiger partial charge < -0.3 is 8.92 Å². The van der Waals surface area contributed by atoms with Crippen LogP contribution in [-0.4, -0.2) is 21.0 Å². The molecule has 0 saturated carbocycles. The summed E-state index contributed by atoms with van der Waals surface area (Å²) in [4.78, 5) is 11.4. The second-order valence-corrected chi connectivity index (χ2v) is 5.79. The Hall–Kier alpha value is -2.41. The normalized spacial score (nSPS) is 11.0. The Morgan fingerprint density at radius 3 is 2.55 bits per heavy atom. The molecule has 0 atom stereocenters. The van der Waals surface area contributed by atoms with Gasteiger partial charge in [0.15, 0.2) is 0 Å². The molecule has 0 bridgehead atoms. The maximum absolute atomic E-state index is 13.1. The maximum atomic E-state index is 13.1. The van der Waals surface area contributed by atoms with Crippen LogP contribution in [0.3, 0.4) is 0 Å². The number of esters is 1. The van der Waals surface area contributed by atoms with Crippen molar-refractivity contribution in [1.29, 1.82) is 0 Å². The van der Waals surface area contributed by atoms with Crippen molar-refractivity contribution in [1.82, 2.24) is 0 Å². The molecular weight excluding hydrogens is 311 g/mol. The zero-order valence-corrected chi connectivity index (χ0v) is 12.5. The number of rotatable bonds is 5. The Labute approximate surface area is 127 Å². The van der Waals surface area contributed by atoms with Gasteiger partial charge in [-0.15, -0.1) is 0 Å². The summed E-state index contributed by atoms with van der Waals surface area (Å²) in [5.41, 5.74) is 0.0887. The van der Waals surface area contributed by atoms with Crippen LogP contribution < -0.4 is 4.18 Å². The summed E-state index contributed by atoms with van der Waals surface area (Å²) in [7, 11) is -4.18. The molecule has 2 aromatic rings. The van der Waals surface area contributed by atoms with Gasteiger partial charge in [0.2, 0.25) is 0 Å². The van der Waals surface area contributed by atoms with Crippen LogP contribution in [-0.2, 0) is 14.9 Å². The first kappa shape index (κ1) is 16.0. The molecule has 0 aliphatic heterocycles. The number of benzene rings is 2. The van der Waals surface area contributed by atoms with Crippen molar-refractivity contribution in [3.05, 3.63) is 59.9 Å². The predicted octanol–water partition coefficient (Wildman–Crippen LogP) is 2.77. The molecule has 0 aromatic heterocycles. The summed E-state index contributed by atoms with van der Waals surface area (Å²) < 4.78 is 47.0. The molecule has 0 aliphatic carbocycles. The van der Waals surface area contributed by atoms with Crippen LogP contribution in [0.25, 0.3) is 0 Å². The third kappa shape index (κ3) is 3.82. The van der Waals surface area contributed by atoms with Gasteiger partial charge in [0.05, 0.1) is 12.2 Å². The van der Waals surface area contributed by atoms with E-state index in [1.807, 2.05) is 0 Å². The summed E-state index contributed by atoms with van der Waals surface area (Å²) in [6.07, 6.45) is 0. The van der Waals surface area contributed by atoms with Gasteiger partial charge in [0, 0.05) is 6.07 Å². The number of ether oxygens (including phenoxy) is 1. The van der Waals surface area contributed by atoms with Crippen LogP contribution in [0.15, 0.2) is 53.4 Å². The number of carbonyl (C=O) groups is 1. The first-order chi connectivity index (χ1) is 10.4. The lowest BCUT2D eigenvalue weighted by atomic mass is 10.2. The summed E-state index contributed by atoms with van der Waals surface area (Å²) in [6, 6.07) is 10.0. The lowest BCUT2D eigenvalue weighted by molar-refractivity contribution is 0.0526. The quantitative estimate of drug-likeness (QED) is 0.625. The second-order valence-electron chi connectivity index (χ2n) is 4.24. The van der Waals surface area contributed by atoms with Crippen LogP contribution in [0.5, 0.6) is 5.75 Å². The SMILES string of the molecule is CCOC(=O)c1cccc(S(=O)(=O)Oc2cccc(F)c2)c1. The van der Waals surface area contributed by atoms with E-state index in [1.165, 1.54) is 36.4 Å². The highest BCUT2D eigenvalue weighted by atomic mass is 32.2. The summed E-state index contributed by atoms with van der Waals surface area (Å²) in [5, 5.41) is 0. The molecule has 2 rings (SSSR count). The van der Waals surface area contributed by atoms with Crippen LogP contribution in [0.1, 0.15) is 17.3 Å². The molecule has 0 unspecified atom stereocenters. The lowest BCUT2D eigenvalue weighted by Gasteiger charge is -2.08. The fourth-order valence-corrected chi connectivity index (χ4v) is 2.66. The molecule has 22 heavy (non-hydrogen) atoms. The van der Waals surface area contributed by atoms with Gasteiger partial charge in [-0.25, -0.2) is 9.18 Å². The summed E-state index contributed by atoms with van der Waals surface area (Å²) in [5.74, 6) is -1.40. The highest BCUT2D eigenvalue weighted by Gasteiger charge is 2.19. The van der Waals surface area contributed by atoms with E-state index in [0.29, 0.717) is 0 Å². The fraction of sp³-hybridized carbons (Fsp3) is 0.133. The van der Waals surface area contributed by atoms with Crippen LogP contribution in [0, 0.1) is 5.82 Å². The number of halogens is 1. The van der Waals surface area contributed by atoms with E-state index in [4.69, 9.17) is 8.92 Å². The van der Waals surface area contributed by atoms with Gasteiger partial charge in [-0.05, 0) is 37.3 Å². The van der Waals surface area contributed by atoms with Gasteiger partial charge in [-0.3, -0.25) is 0 Å². The van der Waals surface area contributed by atoms with Crippen molar-refractivity contribution in [3.8, 4) is 5.75 Å². The topological polar surface area (TPSA) is 69.7 Å². The number of hydrogen-bond acceptors (Lipinski definition) is 5. The van der Waals surface area contributed by atoms with E-state index in [2.05, 4.69) is 0 Å². The van der Waals surface area contributed by atoms with E-state index in [1.54, 1.807) is 6.92 Å². The monoisotopic (exact) mass is 324 g/mol. The van der Waals surface area contributed by atoms with E-state index >= 15 is 0 Å². The van der Waals surface area contributed by atoms with Crippen LogP contribution in [0.4, 0.5) is 4.39 Å². The molecule has 0 aliphatic rings. The van der Waals surface area contributed by atoms with Gasteiger partial charge in [-0.1, -0.05) is 12.1 Å².